The summed E-state index contributed by atoms with van der Waals surface area (Å²) < 4.78 is 14.5. The smallest absolute Gasteiger partial charge is 0.241 e. The molecular formula is C19H16ClINO3PS. The average Bonchev–Trinajstić information content (AvgIpc) is 2.96. The maximum absolute atomic E-state index is 12.8. The Bertz CT molecular complexity index is 1080. The molecule has 2 N–H and O–H groups in total. The zero-order valence-electron chi connectivity index (χ0n) is 14.2. The van der Waals surface area contributed by atoms with Gasteiger partial charge in [-0.1, -0.05) is 23.7 Å². The first kappa shape index (κ1) is 20.6. The molecule has 0 aliphatic carbocycles. The van der Waals surface area contributed by atoms with Gasteiger partial charge in [0.25, 0.3) is 0 Å². The van der Waals surface area contributed by atoms with Crippen molar-refractivity contribution in [1.82, 2.24) is 5.32 Å². The fraction of sp³-hybridized carbons (Fsp3) is 0.105. The monoisotopic (exact) mass is 527 g/mol. The number of hydrogen-bond acceptors (Lipinski definition) is 3. The minimum atomic E-state index is -3.72. The normalized spacial score (nSPS) is 15.0. The van der Waals surface area contributed by atoms with Gasteiger partial charge in [0.1, 0.15) is 5.66 Å². The van der Waals surface area contributed by atoms with Crippen LogP contribution >= 0.6 is 52.9 Å². The van der Waals surface area contributed by atoms with Crippen LogP contribution in [-0.2, 0) is 9.36 Å². The summed E-state index contributed by atoms with van der Waals surface area (Å²) >= 11 is 9.59. The highest BCUT2D eigenvalue weighted by Gasteiger charge is 2.35. The Kier molecular flexibility index (Phi) is 6.43. The molecule has 4 nitrogen and oxygen atoms in total. The summed E-state index contributed by atoms with van der Waals surface area (Å²) in [6.45, 7) is 1.22. The third-order valence-electron chi connectivity index (χ3n) is 3.94. The highest BCUT2D eigenvalue weighted by Crippen LogP contribution is 2.54. The number of halogens is 2. The minimum Gasteiger partial charge on any atom is -0.344 e. The molecule has 2 unspecified atom stereocenters. The summed E-state index contributed by atoms with van der Waals surface area (Å²) in [6, 6.07) is 13.0. The summed E-state index contributed by atoms with van der Waals surface area (Å²) in [5, 5.41) is 5.85. The lowest BCUT2D eigenvalue weighted by atomic mass is 10.1. The van der Waals surface area contributed by atoms with Crippen LogP contribution in [0.4, 0.5) is 0 Å². The topological polar surface area (TPSA) is 66.4 Å². The van der Waals surface area contributed by atoms with E-state index in [1.807, 2.05) is 24.3 Å². The molecule has 3 aromatic rings. The number of rotatable bonds is 5. The minimum absolute atomic E-state index is 0.514. The Morgan fingerprint density at radius 1 is 1.33 bits per heavy atom. The van der Waals surface area contributed by atoms with Crippen LogP contribution in [0.1, 0.15) is 16.8 Å². The second-order valence-corrected chi connectivity index (χ2v) is 11.1. The summed E-state index contributed by atoms with van der Waals surface area (Å²) in [6.07, 6.45) is 3.16. The number of amides is 1. The van der Waals surface area contributed by atoms with Crippen molar-refractivity contribution in [3.63, 3.8) is 0 Å². The predicted octanol–water partition coefficient (Wildman–Crippen LogP) is 5.89. The van der Waals surface area contributed by atoms with Crippen molar-refractivity contribution in [2.75, 3.05) is 6.66 Å². The van der Waals surface area contributed by atoms with Crippen molar-refractivity contribution in [3.8, 4) is 0 Å². The Balaban J connectivity index is 1.89. The van der Waals surface area contributed by atoms with E-state index in [2.05, 4.69) is 27.9 Å². The van der Waals surface area contributed by atoms with Crippen LogP contribution in [0.5, 0.6) is 0 Å². The van der Waals surface area contributed by atoms with Crippen LogP contribution in [0.3, 0.4) is 0 Å². The largest absolute Gasteiger partial charge is 0.344 e. The van der Waals surface area contributed by atoms with E-state index in [0.717, 1.165) is 19.2 Å². The maximum Gasteiger partial charge on any atom is 0.241 e. The highest BCUT2D eigenvalue weighted by molar-refractivity contribution is 14.1. The second-order valence-electron chi connectivity index (χ2n) is 6.07. The standard InChI is InChI=1S/C19H16ClINO3PS/c1-26(24,25)18(16-11-27-17-6-5-14(21)10-15(16)17)19(23)22-8-7-12-3-2-4-13(20)9-12/h2-11,18H,1H3,(H,22,23)(H,24,25)/b8-7+/i21-4. The average molecular weight is 528 g/mol. The molecule has 140 valence electrons. The summed E-state index contributed by atoms with van der Waals surface area (Å²) in [7, 11) is -3.72. The fourth-order valence-electron chi connectivity index (χ4n) is 2.76. The quantitative estimate of drug-likeness (QED) is 0.321. The van der Waals surface area contributed by atoms with Gasteiger partial charge in [-0.2, -0.15) is 0 Å². The fourth-order valence-corrected chi connectivity index (χ4v) is 5.76. The Hall–Kier alpha value is -1.18. The van der Waals surface area contributed by atoms with Gasteiger partial charge in [-0.05, 0) is 80.9 Å². The molecule has 2 aromatic carbocycles. The van der Waals surface area contributed by atoms with E-state index in [0.29, 0.717) is 10.6 Å². The SMILES string of the molecule is CP(=O)(O)C(C(=O)N/C=C/c1cccc(Cl)c1)c1csc2ccc([123I])cc12. The van der Waals surface area contributed by atoms with Gasteiger partial charge in [0, 0.05) is 26.2 Å². The van der Waals surface area contributed by atoms with E-state index in [-0.39, 0.29) is 0 Å². The first-order valence-corrected chi connectivity index (χ1v) is 12.5. The maximum atomic E-state index is 12.8. The van der Waals surface area contributed by atoms with Crippen LogP contribution < -0.4 is 5.32 Å². The number of benzene rings is 2. The molecule has 0 fully saturated rings. The van der Waals surface area contributed by atoms with Gasteiger partial charge >= 0.3 is 0 Å². The third kappa shape index (κ3) is 5.00. The van der Waals surface area contributed by atoms with Gasteiger partial charge in [-0.15, -0.1) is 11.3 Å². The molecule has 0 spiro atoms. The highest BCUT2D eigenvalue weighted by atomic mass is 123. The van der Waals surface area contributed by atoms with E-state index >= 15 is 0 Å². The number of carbonyl (C=O) groups excluding carboxylic acids is 1. The lowest BCUT2D eigenvalue weighted by Gasteiger charge is -2.18. The van der Waals surface area contributed by atoms with Crippen molar-refractivity contribution in [3.05, 3.63) is 73.8 Å². The van der Waals surface area contributed by atoms with E-state index in [1.165, 1.54) is 24.2 Å². The van der Waals surface area contributed by atoms with Crippen LogP contribution in [-0.4, -0.2) is 17.5 Å². The number of nitrogens with one attached hydrogen (secondary N) is 1. The predicted molar refractivity (Wildman–Crippen MR) is 122 cm³/mol. The summed E-state index contributed by atoms with van der Waals surface area (Å²) in [4.78, 5) is 23.0. The van der Waals surface area contributed by atoms with Gasteiger partial charge in [-0.3, -0.25) is 9.36 Å². The number of fused-ring (bicyclic) bond motifs is 1. The lowest BCUT2D eigenvalue weighted by Crippen LogP contribution is -2.25. The zero-order chi connectivity index (χ0) is 19.6. The van der Waals surface area contributed by atoms with Crippen LogP contribution in [0.25, 0.3) is 16.2 Å². The molecule has 8 heteroatoms. The third-order valence-corrected chi connectivity index (χ3v) is 7.30. The van der Waals surface area contributed by atoms with Gasteiger partial charge < -0.3 is 10.2 Å². The summed E-state index contributed by atoms with van der Waals surface area (Å²) in [5.41, 5.74) is 0.266. The Morgan fingerprint density at radius 3 is 2.81 bits per heavy atom. The number of thiophene rings is 1. The van der Waals surface area contributed by atoms with Crippen molar-refractivity contribution in [1.29, 1.82) is 0 Å². The van der Waals surface area contributed by atoms with E-state index in [1.54, 1.807) is 29.7 Å². The molecule has 3 rings (SSSR count). The first-order chi connectivity index (χ1) is 12.8. The molecule has 1 aromatic heterocycles. The Morgan fingerprint density at radius 2 is 2.11 bits per heavy atom. The molecule has 0 saturated carbocycles. The molecule has 27 heavy (non-hydrogen) atoms. The van der Waals surface area contributed by atoms with Crippen LogP contribution in [0.2, 0.25) is 5.02 Å². The van der Waals surface area contributed by atoms with Gasteiger partial charge in [-0.25, -0.2) is 0 Å². The molecule has 0 aliphatic heterocycles. The Labute approximate surface area is 179 Å². The van der Waals surface area contributed by atoms with Crippen LogP contribution in [0.15, 0.2) is 54.0 Å². The first-order valence-electron chi connectivity index (χ1n) is 7.95. The molecule has 2 atom stereocenters. The molecular weight excluding hydrogens is 512 g/mol. The second kappa shape index (κ2) is 8.45. The van der Waals surface area contributed by atoms with Crippen molar-refractivity contribution >= 4 is 75.0 Å². The van der Waals surface area contributed by atoms with Gasteiger partial charge in [0.05, 0.1) is 0 Å². The van der Waals surface area contributed by atoms with Gasteiger partial charge in [0.15, 0.2) is 0 Å². The molecule has 1 heterocycles. The van der Waals surface area contributed by atoms with Crippen molar-refractivity contribution < 1.29 is 14.3 Å². The number of carbonyl (C=O) groups is 1. The lowest BCUT2D eigenvalue weighted by molar-refractivity contribution is -0.120. The van der Waals surface area contributed by atoms with Gasteiger partial charge in [0.2, 0.25) is 13.3 Å². The van der Waals surface area contributed by atoms with E-state index < -0.39 is 18.9 Å². The zero-order valence-corrected chi connectivity index (χ0v) is 18.9. The summed E-state index contributed by atoms with van der Waals surface area (Å²) in [5.74, 6) is -0.514. The van der Waals surface area contributed by atoms with Crippen molar-refractivity contribution in [2.45, 2.75) is 5.66 Å². The van der Waals surface area contributed by atoms with Crippen LogP contribution in [0, 0.1) is 3.57 Å². The van der Waals surface area contributed by atoms with Crippen molar-refractivity contribution in [2.24, 2.45) is 0 Å². The number of hydrogen-bond donors (Lipinski definition) is 2. The molecule has 0 radical (unpaired) electrons. The molecule has 0 aliphatic rings. The van der Waals surface area contributed by atoms with E-state index in [9.17, 15) is 14.3 Å². The van der Waals surface area contributed by atoms with E-state index in [4.69, 9.17) is 11.6 Å². The molecule has 1 amide bonds. The molecule has 0 bridgehead atoms. The molecule has 0 saturated heterocycles.